The summed E-state index contributed by atoms with van der Waals surface area (Å²) in [5.41, 5.74) is 0. The van der Waals surface area contributed by atoms with Crippen LogP contribution in [0.4, 0.5) is 0 Å². The van der Waals surface area contributed by atoms with Gasteiger partial charge in [-0.15, -0.1) is 0 Å². The molecule has 0 atom stereocenters. The molecule has 0 aromatic heterocycles. The van der Waals surface area contributed by atoms with Gasteiger partial charge in [0.15, 0.2) is 13.2 Å². The maximum atomic E-state index is 11.9. The lowest BCUT2D eigenvalue weighted by molar-refractivity contribution is -0.159. The summed E-state index contributed by atoms with van der Waals surface area (Å²) in [4.78, 5) is 60.5. The third-order valence-corrected chi connectivity index (χ3v) is 3.72. The SMILES string of the molecule is C=C1CN(C(=O)COC(=O)/C=C/C(=O)OCC(=O)N2CCOC(=O)C2)CCO1. The van der Waals surface area contributed by atoms with Crippen LogP contribution in [0.3, 0.4) is 0 Å². The van der Waals surface area contributed by atoms with Gasteiger partial charge in [-0.25, -0.2) is 9.59 Å². The highest BCUT2D eigenvalue weighted by atomic mass is 16.5. The van der Waals surface area contributed by atoms with Crippen LogP contribution in [0, 0.1) is 0 Å². The molecule has 0 spiro atoms. The zero-order chi connectivity index (χ0) is 20.5. The Morgan fingerprint density at radius 3 is 1.89 bits per heavy atom. The molecule has 28 heavy (non-hydrogen) atoms. The van der Waals surface area contributed by atoms with E-state index >= 15 is 0 Å². The Hall–Kier alpha value is -3.37. The highest BCUT2D eigenvalue weighted by molar-refractivity contribution is 5.93. The van der Waals surface area contributed by atoms with Gasteiger partial charge in [0.1, 0.15) is 25.5 Å². The number of amides is 2. The Morgan fingerprint density at radius 2 is 1.39 bits per heavy atom. The number of rotatable bonds is 6. The molecule has 11 nitrogen and oxygen atoms in total. The standard InChI is InChI=1S/C17H20N2O9/c1-12-8-18(4-6-25-12)13(20)10-27-15(22)2-3-16(23)28-11-14(21)19-5-7-26-17(24)9-19/h2-3H,1,4-11H2/b3-2+. The minimum Gasteiger partial charge on any atom is -0.495 e. The van der Waals surface area contributed by atoms with E-state index in [1.165, 1.54) is 9.80 Å². The normalized spacial score (nSPS) is 17.0. The molecule has 11 heteroatoms. The van der Waals surface area contributed by atoms with E-state index in [1.807, 2.05) is 0 Å². The smallest absolute Gasteiger partial charge is 0.331 e. The molecule has 0 aliphatic carbocycles. The van der Waals surface area contributed by atoms with E-state index in [0.29, 0.717) is 18.9 Å². The van der Waals surface area contributed by atoms with Crippen LogP contribution in [0.2, 0.25) is 0 Å². The molecule has 0 bridgehead atoms. The maximum absolute atomic E-state index is 11.9. The number of carbonyl (C=O) groups is 5. The van der Waals surface area contributed by atoms with Crippen molar-refractivity contribution in [1.82, 2.24) is 9.80 Å². The molecule has 0 N–H and O–H groups in total. The second kappa shape index (κ2) is 10.1. The van der Waals surface area contributed by atoms with Gasteiger partial charge < -0.3 is 28.7 Å². The number of morpholine rings is 2. The molecule has 0 aromatic carbocycles. The van der Waals surface area contributed by atoms with Gasteiger partial charge in [0.2, 0.25) is 0 Å². The van der Waals surface area contributed by atoms with Gasteiger partial charge >= 0.3 is 17.9 Å². The molecule has 2 rings (SSSR count). The summed E-state index contributed by atoms with van der Waals surface area (Å²) in [7, 11) is 0. The summed E-state index contributed by atoms with van der Waals surface area (Å²) in [6.45, 7) is 3.55. The Morgan fingerprint density at radius 1 is 0.893 bits per heavy atom. The van der Waals surface area contributed by atoms with E-state index in [-0.39, 0.29) is 26.2 Å². The van der Waals surface area contributed by atoms with Crippen LogP contribution in [0.5, 0.6) is 0 Å². The predicted molar refractivity (Wildman–Crippen MR) is 90.3 cm³/mol. The molecule has 0 unspecified atom stereocenters. The van der Waals surface area contributed by atoms with Crippen molar-refractivity contribution in [2.24, 2.45) is 0 Å². The summed E-state index contributed by atoms with van der Waals surface area (Å²) in [5.74, 6) is -2.92. The van der Waals surface area contributed by atoms with E-state index in [9.17, 15) is 24.0 Å². The van der Waals surface area contributed by atoms with Crippen molar-refractivity contribution in [3.8, 4) is 0 Å². The lowest BCUT2D eigenvalue weighted by Gasteiger charge is -2.28. The fraction of sp³-hybridized carbons (Fsp3) is 0.471. The molecule has 0 aromatic rings. The number of nitrogens with zero attached hydrogens (tertiary/aromatic N) is 2. The number of carbonyl (C=O) groups excluding carboxylic acids is 5. The van der Waals surface area contributed by atoms with Crippen LogP contribution in [0.1, 0.15) is 0 Å². The van der Waals surface area contributed by atoms with Gasteiger partial charge in [0, 0.05) is 12.2 Å². The van der Waals surface area contributed by atoms with Crippen molar-refractivity contribution >= 4 is 29.7 Å². The van der Waals surface area contributed by atoms with E-state index in [1.54, 1.807) is 0 Å². The molecule has 152 valence electrons. The van der Waals surface area contributed by atoms with E-state index < -0.39 is 42.9 Å². The molecule has 2 fully saturated rings. The first kappa shape index (κ1) is 20.9. The van der Waals surface area contributed by atoms with Crippen molar-refractivity contribution in [2.45, 2.75) is 0 Å². The van der Waals surface area contributed by atoms with Gasteiger partial charge in [0.25, 0.3) is 11.8 Å². The fourth-order valence-electron chi connectivity index (χ4n) is 2.29. The minimum atomic E-state index is -0.944. The zero-order valence-electron chi connectivity index (χ0n) is 15.1. The maximum Gasteiger partial charge on any atom is 0.331 e. The monoisotopic (exact) mass is 396 g/mol. The number of hydrogen-bond acceptors (Lipinski definition) is 9. The zero-order valence-corrected chi connectivity index (χ0v) is 15.1. The Labute approximate surface area is 160 Å². The molecule has 2 heterocycles. The highest BCUT2D eigenvalue weighted by Crippen LogP contribution is 2.06. The van der Waals surface area contributed by atoms with Crippen LogP contribution in [-0.2, 0) is 42.9 Å². The second-order valence-corrected chi connectivity index (χ2v) is 5.79. The van der Waals surface area contributed by atoms with Crippen LogP contribution in [0.15, 0.2) is 24.5 Å². The Bertz CT molecular complexity index is 643. The number of ether oxygens (including phenoxy) is 4. The van der Waals surface area contributed by atoms with Crippen LogP contribution < -0.4 is 0 Å². The molecule has 2 aliphatic heterocycles. The molecule has 2 aliphatic rings. The first-order valence-corrected chi connectivity index (χ1v) is 8.38. The lowest BCUT2D eigenvalue weighted by atomic mass is 10.3. The minimum absolute atomic E-state index is 0.0849. The lowest BCUT2D eigenvalue weighted by Crippen LogP contribution is -2.45. The number of cyclic esters (lactones) is 1. The number of esters is 3. The molecular formula is C17H20N2O9. The molecule has 0 saturated carbocycles. The van der Waals surface area contributed by atoms with Gasteiger partial charge in [-0.2, -0.15) is 0 Å². The second-order valence-electron chi connectivity index (χ2n) is 5.79. The topological polar surface area (TPSA) is 129 Å². The average molecular weight is 396 g/mol. The van der Waals surface area contributed by atoms with Crippen molar-refractivity contribution in [3.05, 3.63) is 24.5 Å². The highest BCUT2D eigenvalue weighted by Gasteiger charge is 2.23. The third-order valence-electron chi connectivity index (χ3n) is 3.72. The van der Waals surface area contributed by atoms with Crippen molar-refractivity contribution in [3.63, 3.8) is 0 Å². The average Bonchev–Trinajstić information content (AvgIpc) is 2.68. The van der Waals surface area contributed by atoms with Gasteiger partial charge in [-0.1, -0.05) is 6.58 Å². The first-order valence-electron chi connectivity index (χ1n) is 8.38. The molecule has 0 radical (unpaired) electrons. The predicted octanol–water partition coefficient (Wildman–Crippen LogP) is -1.61. The van der Waals surface area contributed by atoms with E-state index in [4.69, 9.17) is 18.9 Å². The number of hydrogen-bond donors (Lipinski definition) is 0. The van der Waals surface area contributed by atoms with Crippen molar-refractivity contribution in [2.75, 3.05) is 52.6 Å². The van der Waals surface area contributed by atoms with Crippen LogP contribution in [0.25, 0.3) is 0 Å². The molecule has 2 amide bonds. The van der Waals surface area contributed by atoms with Gasteiger partial charge in [0.05, 0.1) is 19.6 Å². The quantitative estimate of drug-likeness (QED) is 0.296. The summed E-state index contributed by atoms with van der Waals surface area (Å²) in [6.07, 6.45) is 1.57. The molecule has 2 saturated heterocycles. The fourth-order valence-corrected chi connectivity index (χ4v) is 2.29. The van der Waals surface area contributed by atoms with Crippen LogP contribution in [-0.4, -0.2) is 92.1 Å². The summed E-state index contributed by atoms with van der Waals surface area (Å²) in [6, 6.07) is 0. The van der Waals surface area contributed by atoms with Gasteiger partial charge in [-0.3, -0.25) is 14.4 Å². The first-order chi connectivity index (χ1) is 13.3. The van der Waals surface area contributed by atoms with E-state index in [0.717, 1.165) is 12.2 Å². The summed E-state index contributed by atoms with van der Waals surface area (Å²) >= 11 is 0. The Balaban J connectivity index is 1.66. The Kier molecular flexibility index (Phi) is 7.55. The van der Waals surface area contributed by atoms with Crippen molar-refractivity contribution in [1.29, 1.82) is 0 Å². The molecular weight excluding hydrogens is 376 g/mol. The van der Waals surface area contributed by atoms with Crippen molar-refractivity contribution < 1.29 is 42.9 Å². The van der Waals surface area contributed by atoms with E-state index in [2.05, 4.69) is 6.58 Å². The van der Waals surface area contributed by atoms with Gasteiger partial charge in [-0.05, 0) is 0 Å². The summed E-state index contributed by atoms with van der Waals surface area (Å²) in [5, 5.41) is 0. The summed E-state index contributed by atoms with van der Waals surface area (Å²) < 4.78 is 19.3. The third kappa shape index (κ3) is 6.74. The van der Waals surface area contributed by atoms with Crippen LogP contribution >= 0.6 is 0 Å². The largest absolute Gasteiger partial charge is 0.495 e.